The number of hydrogen-bond donors (Lipinski definition) is 0. The fraction of sp³-hybridized carbons (Fsp3) is 0.692. The lowest BCUT2D eigenvalue weighted by Crippen LogP contribution is -2.27. The quantitative estimate of drug-likeness (QED) is 0.681. The van der Waals surface area contributed by atoms with Gasteiger partial charge in [0.1, 0.15) is 11.5 Å². The Labute approximate surface area is 113 Å². The van der Waals surface area contributed by atoms with Crippen LogP contribution >= 0.6 is 11.3 Å². The summed E-state index contributed by atoms with van der Waals surface area (Å²) in [5.41, 5.74) is 0. The Morgan fingerprint density at radius 1 is 1.39 bits per heavy atom. The van der Waals surface area contributed by atoms with Crippen molar-refractivity contribution in [3.05, 3.63) is 16.1 Å². The molecule has 0 atom stereocenters. The zero-order valence-corrected chi connectivity index (χ0v) is 12.3. The first-order valence-corrected chi connectivity index (χ1v) is 7.37. The van der Waals surface area contributed by atoms with Crippen LogP contribution in [0.4, 0.5) is 0 Å². The highest BCUT2D eigenvalue weighted by Crippen LogP contribution is 2.15. The number of nitrogens with zero attached hydrogens (tertiary/aromatic N) is 2. The number of aromatic nitrogens is 1. The van der Waals surface area contributed by atoms with Gasteiger partial charge in [0.2, 0.25) is 0 Å². The van der Waals surface area contributed by atoms with E-state index in [1.54, 1.807) is 6.20 Å². The van der Waals surface area contributed by atoms with E-state index >= 15 is 0 Å². The number of esters is 1. The van der Waals surface area contributed by atoms with Crippen LogP contribution in [0.25, 0.3) is 0 Å². The average Bonchev–Trinajstić information content (AvgIpc) is 2.83. The Balaban J connectivity index is 2.35. The second kappa shape index (κ2) is 8.21. The molecule has 5 heteroatoms. The molecule has 102 valence electrons. The molecular weight excluding hydrogens is 248 g/mol. The molecule has 0 unspecified atom stereocenters. The van der Waals surface area contributed by atoms with E-state index in [1.807, 2.05) is 0 Å². The first-order chi connectivity index (χ1) is 8.71. The van der Waals surface area contributed by atoms with Gasteiger partial charge in [0.25, 0.3) is 0 Å². The molecule has 0 saturated heterocycles. The summed E-state index contributed by atoms with van der Waals surface area (Å²) in [5.74, 6) is -0.248. The van der Waals surface area contributed by atoms with Crippen LogP contribution in [0.5, 0.6) is 0 Å². The number of aryl methyl sites for hydroxylation is 1. The maximum absolute atomic E-state index is 11.8. The summed E-state index contributed by atoms with van der Waals surface area (Å²) < 4.78 is 5.24. The lowest BCUT2D eigenvalue weighted by molar-refractivity contribution is 0.0472. The third-order valence-corrected chi connectivity index (χ3v) is 3.79. The van der Waals surface area contributed by atoms with Crippen LogP contribution in [0.1, 0.15) is 41.9 Å². The van der Waals surface area contributed by atoms with Crippen molar-refractivity contribution >= 4 is 17.3 Å². The minimum absolute atomic E-state index is 0.248. The van der Waals surface area contributed by atoms with Crippen molar-refractivity contribution < 1.29 is 9.53 Å². The molecule has 0 fully saturated rings. The largest absolute Gasteiger partial charge is 0.460 e. The summed E-state index contributed by atoms with van der Waals surface area (Å²) in [6, 6.07) is 0. The third-order valence-electron chi connectivity index (χ3n) is 2.75. The minimum Gasteiger partial charge on any atom is -0.460 e. The Hall–Kier alpha value is -0.940. The number of carbonyl (C=O) groups excluding carboxylic acids is 1. The van der Waals surface area contributed by atoms with Gasteiger partial charge in [-0.3, -0.25) is 0 Å². The summed E-state index contributed by atoms with van der Waals surface area (Å²) in [7, 11) is 0. The van der Waals surface area contributed by atoms with Crippen LogP contribution < -0.4 is 0 Å². The Bertz CT molecular complexity index is 362. The Kier molecular flexibility index (Phi) is 6.90. The van der Waals surface area contributed by atoms with E-state index in [-0.39, 0.29) is 5.97 Å². The summed E-state index contributed by atoms with van der Waals surface area (Å²) in [6.07, 6.45) is 3.59. The summed E-state index contributed by atoms with van der Waals surface area (Å²) >= 11 is 1.44. The van der Waals surface area contributed by atoms with E-state index in [0.717, 1.165) is 37.5 Å². The summed E-state index contributed by atoms with van der Waals surface area (Å²) in [6.45, 7) is 9.51. The molecule has 0 radical (unpaired) electrons. The number of rotatable bonds is 8. The van der Waals surface area contributed by atoms with Gasteiger partial charge in [-0.2, -0.15) is 0 Å². The third kappa shape index (κ3) is 4.74. The first kappa shape index (κ1) is 15.1. The summed E-state index contributed by atoms with van der Waals surface area (Å²) in [5, 5.41) is 1.01. The highest BCUT2D eigenvalue weighted by molar-refractivity contribution is 7.13. The van der Waals surface area contributed by atoms with Crippen LogP contribution in [0.2, 0.25) is 0 Å². The molecule has 0 aliphatic carbocycles. The van der Waals surface area contributed by atoms with Gasteiger partial charge in [-0.25, -0.2) is 9.78 Å². The first-order valence-electron chi connectivity index (χ1n) is 6.55. The van der Waals surface area contributed by atoms with Crippen LogP contribution in [0.15, 0.2) is 6.20 Å². The van der Waals surface area contributed by atoms with Crippen molar-refractivity contribution in [1.29, 1.82) is 0 Å². The lowest BCUT2D eigenvalue weighted by Gasteiger charge is -2.17. The van der Waals surface area contributed by atoms with Crippen LogP contribution in [0, 0.1) is 0 Å². The van der Waals surface area contributed by atoms with Gasteiger partial charge in [-0.1, -0.05) is 20.8 Å². The van der Waals surface area contributed by atoms with Crippen molar-refractivity contribution in [2.75, 3.05) is 26.2 Å². The maximum atomic E-state index is 11.8. The van der Waals surface area contributed by atoms with Gasteiger partial charge in [-0.15, -0.1) is 11.3 Å². The highest BCUT2D eigenvalue weighted by atomic mass is 32.1. The molecule has 1 aromatic rings. The molecule has 0 spiro atoms. The minimum atomic E-state index is -0.248. The zero-order chi connectivity index (χ0) is 13.4. The topological polar surface area (TPSA) is 42.4 Å². The fourth-order valence-corrected chi connectivity index (χ4v) is 2.53. The number of hydrogen-bond acceptors (Lipinski definition) is 5. The van der Waals surface area contributed by atoms with Gasteiger partial charge in [0, 0.05) is 6.54 Å². The molecule has 18 heavy (non-hydrogen) atoms. The second-order valence-corrected chi connectivity index (χ2v) is 5.15. The van der Waals surface area contributed by atoms with E-state index in [9.17, 15) is 4.79 Å². The van der Waals surface area contributed by atoms with E-state index in [0.29, 0.717) is 11.5 Å². The average molecular weight is 270 g/mol. The van der Waals surface area contributed by atoms with Crippen molar-refractivity contribution in [3.63, 3.8) is 0 Å². The molecule has 0 aliphatic rings. The normalized spacial score (nSPS) is 10.9. The predicted molar refractivity (Wildman–Crippen MR) is 74.2 cm³/mol. The number of ether oxygens (including phenoxy) is 1. The molecule has 0 amide bonds. The molecule has 0 aromatic carbocycles. The van der Waals surface area contributed by atoms with Crippen LogP contribution in [0.3, 0.4) is 0 Å². The van der Waals surface area contributed by atoms with Gasteiger partial charge in [0.15, 0.2) is 0 Å². The number of thiazole rings is 1. The SMILES string of the molecule is CCCc1ncc(C(=O)OCCN(CC)CC)s1. The van der Waals surface area contributed by atoms with Crippen LogP contribution in [-0.4, -0.2) is 42.1 Å². The standard InChI is InChI=1S/C13H22N2O2S/c1-4-7-12-14-10-11(18-12)13(16)17-9-8-15(5-2)6-3/h10H,4-9H2,1-3H3. The number of carbonyl (C=O) groups is 1. The monoisotopic (exact) mass is 270 g/mol. The summed E-state index contributed by atoms with van der Waals surface area (Å²) in [4.78, 5) is 18.8. The van der Waals surface area contributed by atoms with E-state index in [2.05, 4.69) is 30.7 Å². The van der Waals surface area contributed by atoms with Gasteiger partial charge in [-0.05, 0) is 25.9 Å². The zero-order valence-electron chi connectivity index (χ0n) is 11.4. The predicted octanol–water partition coefficient (Wildman–Crippen LogP) is 2.59. The van der Waals surface area contributed by atoms with Gasteiger partial charge in [0.05, 0.1) is 11.2 Å². The Morgan fingerprint density at radius 2 is 2.11 bits per heavy atom. The van der Waals surface area contributed by atoms with E-state index in [1.165, 1.54) is 11.3 Å². The molecule has 0 saturated carbocycles. The van der Waals surface area contributed by atoms with Gasteiger partial charge < -0.3 is 9.64 Å². The second-order valence-electron chi connectivity index (χ2n) is 4.03. The van der Waals surface area contributed by atoms with Crippen molar-refractivity contribution in [3.8, 4) is 0 Å². The molecule has 0 N–H and O–H groups in total. The van der Waals surface area contributed by atoms with Crippen LogP contribution in [-0.2, 0) is 11.2 Å². The maximum Gasteiger partial charge on any atom is 0.350 e. The molecule has 1 heterocycles. The van der Waals surface area contributed by atoms with Gasteiger partial charge >= 0.3 is 5.97 Å². The molecule has 0 aliphatic heterocycles. The highest BCUT2D eigenvalue weighted by Gasteiger charge is 2.12. The van der Waals surface area contributed by atoms with Crippen molar-refractivity contribution in [1.82, 2.24) is 9.88 Å². The Morgan fingerprint density at radius 3 is 2.72 bits per heavy atom. The molecule has 0 bridgehead atoms. The lowest BCUT2D eigenvalue weighted by atomic mass is 10.4. The molecule has 1 aromatic heterocycles. The molecular formula is C13H22N2O2S. The van der Waals surface area contributed by atoms with Crippen molar-refractivity contribution in [2.24, 2.45) is 0 Å². The fourth-order valence-electron chi connectivity index (χ4n) is 1.61. The number of likely N-dealkylation sites (N-methyl/N-ethyl adjacent to an activating group) is 1. The molecule has 1 rings (SSSR count). The van der Waals surface area contributed by atoms with E-state index in [4.69, 9.17) is 4.74 Å². The smallest absolute Gasteiger partial charge is 0.350 e. The molecule has 4 nitrogen and oxygen atoms in total. The van der Waals surface area contributed by atoms with Crippen molar-refractivity contribution in [2.45, 2.75) is 33.6 Å². The van der Waals surface area contributed by atoms with E-state index < -0.39 is 0 Å².